The number of benzene rings is 1. The Kier molecular flexibility index (Phi) is 5.71. The monoisotopic (exact) mass is 386 g/mol. The summed E-state index contributed by atoms with van der Waals surface area (Å²) in [4.78, 5) is 41.4. The van der Waals surface area contributed by atoms with Crippen LogP contribution in [0.1, 0.15) is 32.1 Å². The Morgan fingerprint density at radius 1 is 1.26 bits per heavy atom. The minimum absolute atomic E-state index is 0.267. The fourth-order valence-electron chi connectivity index (χ4n) is 3.81. The SMILES string of the molecule is CN1C(=O)N(CC(=O)Nc2ccccc2SCC#N)C(=O)C12CCCCC2. The van der Waals surface area contributed by atoms with Crippen LogP contribution in [-0.2, 0) is 9.59 Å². The number of nitrogens with zero attached hydrogens (tertiary/aromatic N) is 3. The Morgan fingerprint density at radius 2 is 1.96 bits per heavy atom. The molecule has 1 spiro atoms. The Morgan fingerprint density at radius 3 is 2.67 bits per heavy atom. The minimum atomic E-state index is -0.782. The van der Waals surface area contributed by atoms with Crippen molar-refractivity contribution in [1.82, 2.24) is 9.80 Å². The second-order valence-corrected chi connectivity index (χ2v) is 7.83. The standard InChI is InChI=1S/C19H22N4O3S/c1-22-18(26)23(17(25)19(22)9-5-2-6-10-19)13-16(24)21-14-7-3-4-8-15(14)27-12-11-20/h3-4,7-8H,2,5-6,9-10,12-13H2,1H3,(H,21,24). The summed E-state index contributed by atoms with van der Waals surface area (Å²) in [5, 5.41) is 11.5. The predicted molar refractivity (Wildman–Crippen MR) is 102 cm³/mol. The molecule has 4 amide bonds. The molecule has 2 fully saturated rings. The maximum Gasteiger partial charge on any atom is 0.327 e. The predicted octanol–water partition coefficient (Wildman–Crippen LogP) is 2.84. The second-order valence-electron chi connectivity index (χ2n) is 6.82. The van der Waals surface area contributed by atoms with E-state index >= 15 is 0 Å². The molecule has 1 aromatic rings. The number of hydrogen-bond acceptors (Lipinski definition) is 5. The molecule has 1 aliphatic carbocycles. The number of para-hydroxylation sites is 1. The van der Waals surface area contributed by atoms with Crippen molar-refractivity contribution in [2.75, 3.05) is 24.7 Å². The maximum atomic E-state index is 12.9. The summed E-state index contributed by atoms with van der Waals surface area (Å²) >= 11 is 1.32. The van der Waals surface area contributed by atoms with E-state index in [0.717, 1.165) is 29.1 Å². The Labute approximate surface area is 162 Å². The van der Waals surface area contributed by atoms with Gasteiger partial charge in [0.2, 0.25) is 5.91 Å². The topological polar surface area (TPSA) is 93.5 Å². The molecule has 1 saturated carbocycles. The van der Waals surface area contributed by atoms with E-state index in [1.807, 2.05) is 12.1 Å². The molecule has 27 heavy (non-hydrogen) atoms. The lowest BCUT2D eigenvalue weighted by atomic mass is 9.81. The van der Waals surface area contributed by atoms with Gasteiger partial charge >= 0.3 is 6.03 Å². The third kappa shape index (κ3) is 3.65. The van der Waals surface area contributed by atoms with Crippen LogP contribution in [0.15, 0.2) is 29.2 Å². The fourth-order valence-corrected chi connectivity index (χ4v) is 4.48. The van der Waals surface area contributed by atoms with Crippen molar-refractivity contribution in [2.24, 2.45) is 0 Å². The third-order valence-corrected chi connectivity index (χ3v) is 6.18. The van der Waals surface area contributed by atoms with Crippen LogP contribution in [0.25, 0.3) is 0 Å². The van der Waals surface area contributed by atoms with Crippen LogP contribution in [-0.4, -0.2) is 52.5 Å². The highest BCUT2D eigenvalue weighted by Crippen LogP contribution is 2.39. The number of rotatable bonds is 5. The summed E-state index contributed by atoms with van der Waals surface area (Å²) in [6.45, 7) is -0.305. The van der Waals surface area contributed by atoms with E-state index in [2.05, 4.69) is 11.4 Å². The first kappa shape index (κ1) is 19.2. The number of hydrogen-bond donors (Lipinski definition) is 1. The van der Waals surface area contributed by atoms with E-state index in [1.54, 1.807) is 19.2 Å². The largest absolute Gasteiger partial charge is 0.327 e. The molecular weight excluding hydrogens is 364 g/mol. The Hall–Kier alpha value is -2.53. The average molecular weight is 386 g/mol. The molecule has 1 saturated heterocycles. The van der Waals surface area contributed by atoms with Gasteiger partial charge in [0.25, 0.3) is 5.91 Å². The van der Waals surface area contributed by atoms with Gasteiger partial charge in [0.15, 0.2) is 0 Å². The number of anilines is 1. The van der Waals surface area contributed by atoms with Gasteiger partial charge in [-0.15, -0.1) is 11.8 Å². The van der Waals surface area contributed by atoms with Crippen LogP contribution >= 0.6 is 11.8 Å². The molecule has 7 nitrogen and oxygen atoms in total. The number of imide groups is 1. The van der Waals surface area contributed by atoms with Crippen LogP contribution in [0.4, 0.5) is 10.5 Å². The van der Waals surface area contributed by atoms with Crippen LogP contribution in [0.5, 0.6) is 0 Å². The lowest BCUT2D eigenvalue weighted by Gasteiger charge is -2.35. The number of nitrogens with one attached hydrogen (secondary N) is 1. The zero-order valence-corrected chi connectivity index (χ0v) is 16.1. The minimum Gasteiger partial charge on any atom is -0.324 e. The van der Waals surface area contributed by atoms with E-state index in [-0.39, 0.29) is 18.2 Å². The van der Waals surface area contributed by atoms with Crippen LogP contribution in [0.3, 0.4) is 0 Å². The van der Waals surface area contributed by atoms with Crippen LogP contribution < -0.4 is 5.32 Å². The van der Waals surface area contributed by atoms with Crippen molar-refractivity contribution in [2.45, 2.75) is 42.5 Å². The fraction of sp³-hybridized carbons (Fsp3) is 0.474. The average Bonchev–Trinajstić information content (AvgIpc) is 2.84. The summed E-state index contributed by atoms with van der Waals surface area (Å²) in [5.41, 5.74) is -0.210. The smallest absolute Gasteiger partial charge is 0.324 e. The van der Waals surface area contributed by atoms with E-state index in [9.17, 15) is 14.4 Å². The lowest BCUT2D eigenvalue weighted by Crippen LogP contribution is -2.49. The zero-order valence-electron chi connectivity index (χ0n) is 15.2. The zero-order chi connectivity index (χ0) is 19.4. The van der Waals surface area contributed by atoms with Gasteiger partial charge in [-0.2, -0.15) is 5.26 Å². The van der Waals surface area contributed by atoms with Crippen molar-refractivity contribution >= 4 is 35.3 Å². The van der Waals surface area contributed by atoms with Gasteiger partial charge in [0.05, 0.1) is 17.5 Å². The van der Waals surface area contributed by atoms with Gasteiger partial charge in [0.1, 0.15) is 12.1 Å². The number of urea groups is 1. The van der Waals surface area contributed by atoms with Gasteiger partial charge in [-0.05, 0) is 25.0 Å². The van der Waals surface area contributed by atoms with Crippen molar-refractivity contribution in [1.29, 1.82) is 5.26 Å². The van der Waals surface area contributed by atoms with Gasteiger partial charge in [-0.3, -0.25) is 14.5 Å². The number of nitriles is 1. The number of amides is 4. The summed E-state index contributed by atoms with van der Waals surface area (Å²) in [6, 6.07) is 8.79. The summed E-state index contributed by atoms with van der Waals surface area (Å²) in [5.74, 6) is -0.427. The normalized spacial score (nSPS) is 18.7. The van der Waals surface area contributed by atoms with E-state index < -0.39 is 17.5 Å². The molecule has 1 heterocycles. The molecule has 0 atom stereocenters. The molecule has 0 unspecified atom stereocenters. The third-order valence-electron chi connectivity index (χ3n) is 5.24. The lowest BCUT2D eigenvalue weighted by molar-refractivity contribution is -0.136. The van der Waals surface area contributed by atoms with E-state index in [1.165, 1.54) is 16.7 Å². The highest BCUT2D eigenvalue weighted by Gasteiger charge is 2.55. The summed E-state index contributed by atoms with van der Waals surface area (Å²) < 4.78 is 0. The molecule has 8 heteroatoms. The molecular formula is C19H22N4O3S. The molecule has 1 N–H and O–H groups in total. The van der Waals surface area contributed by atoms with Gasteiger partial charge in [0, 0.05) is 11.9 Å². The van der Waals surface area contributed by atoms with Gasteiger partial charge in [-0.1, -0.05) is 31.4 Å². The maximum absolute atomic E-state index is 12.9. The van der Waals surface area contributed by atoms with E-state index in [0.29, 0.717) is 18.5 Å². The summed E-state index contributed by atoms with van der Waals surface area (Å²) in [7, 11) is 1.65. The number of carbonyl (C=O) groups is 3. The second kappa shape index (κ2) is 8.01. The molecule has 3 rings (SSSR count). The number of thioether (sulfide) groups is 1. The molecule has 142 valence electrons. The van der Waals surface area contributed by atoms with Crippen molar-refractivity contribution < 1.29 is 14.4 Å². The van der Waals surface area contributed by atoms with Crippen LogP contribution in [0, 0.1) is 11.3 Å². The van der Waals surface area contributed by atoms with Crippen molar-refractivity contribution in [3.63, 3.8) is 0 Å². The first-order valence-corrected chi connectivity index (χ1v) is 9.96. The molecule has 0 aromatic heterocycles. The van der Waals surface area contributed by atoms with Gasteiger partial charge in [-0.25, -0.2) is 4.79 Å². The molecule has 2 aliphatic rings. The molecule has 1 aliphatic heterocycles. The number of likely N-dealkylation sites (N-methyl/N-ethyl adjacent to an activating group) is 1. The Balaban J connectivity index is 1.71. The summed E-state index contributed by atoms with van der Waals surface area (Å²) in [6.07, 6.45) is 4.19. The van der Waals surface area contributed by atoms with Crippen LogP contribution in [0.2, 0.25) is 0 Å². The van der Waals surface area contributed by atoms with E-state index in [4.69, 9.17) is 5.26 Å². The van der Waals surface area contributed by atoms with Crippen molar-refractivity contribution in [3.8, 4) is 6.07 Å². The van der Waals surface area contributed by atoms with Gasteiger partial charge < -0.3 is 10.2 Å². The number of carbonyl (C=O) groups excluding carboxylic acids is 3. The first-order valence-electron chi connectivity index (χ1n) is 8.98. The molecule has 0 bridgehead atoms. The quantitative estimate of drug-likeness (QED) is 0.620. The van der Waals surface area contributed by atoms with Crippen molar-refractivity contribution in [3.05, 3.63) is 24.3 Å². The highest BCUT2D eigenvalue weighted by molar-refractivity contribution is 7.99. The first-order chi connectivity index (χ1) is 13.0. The molecule has 1 aromatic carbocycles. The molecule has 0 radical (unpaired) electrons. The highest BCUT2D eigenvalue weighted by atomic mass is 32.2. The Bertz CT molecular complexity index is 798.